The maximum absolute atomic E-state index is 11.5. The number of aromatic amines is 1. The van der Waals surface area contributed by atoms with E-state index in [2.05, 4.69) is 9.97 Å². The van der Waals surface area contributed by atoms with Crippen LogP contribution in [0, 0.1) is 5.41 Å². The van der Waals surface area contributed by atoms with Gasteiger partial charge in [-0.25, -0.2) is 4.98 Å². The molecule has 3 aromatic rings. The van der Waals surface area contributed by atoms with Gasteiger partial charge >= 0.3 is 5.97 Å². The van der Waals surface area contributed by atoms with Crippen LogP contribution >= 0.6 is 0 Å². The van der Waals surface area contributed by atoms with Gasteiger partial charge in [0.1, 0.15) is 35.0 Å². The summed E-state index contributed by atoms with van der Waals surface area (Å²) in [5.41, 5.74) is 2.04. The number of aromatic nitrogens is 2. The highest BCUT2D eigenvalue weighted by Crippen LogP contribution is 2.39. The van der Waals surface area contributed by atoms with Crippen LogP contribution in [0.1, 0.15) is 12.2 Å². The smallest absolute Gasteiger partial charge is 0.305 e. The van der Waals surface area contributed by atoms with Crippen molar-refractivity contribution in [1.29, 1.82) is 5.41 Å². The van der Waals surface area contributed by atoms with Crippen LogP contribution in [0.3, 0.4) is 0 Å². The SMILES string of the molecule is COc1cc(OC)cc(N2C(=N)C(c3nc4ccccc4[nH]3)=C(O)C2CC(=O)O)c1. The first-order chi connectivity index (χ1) is 14.4. The lowest BCUT2D eigenvalue weighted by molar-refractivity contribution is -0.137. The molecule has 1 aliphatic rings. The van der Waals surface area contributed by atoms with Gasteiger partial charge in [0.15, 0.2) is 0 Å². The van der Waals surface area contributed by atoms with Gasteiger partial charge < -0.3 is 29.6 Å². The number of amidine groups is 1. The molecule has 1 aromatic heterocycles. The molecule has 0 amide bonds. The third-order valence-corrected chi connectivity index (χ3v) is 4.97. The second-order valence-electron chi connectivity index (χ2n) is 6.77. The number of benzene rings is 2. The van der Waals surface area contributed by atoms with Crippen LogP contribution in [-0.2, 0) is 4.79 Å². The van der Waals surface area contributed by atoms with Crippen molar-refractivity contribution < 1.29 is 24.5 Å². The van der Waals surface area contributed by atoms with Crippen molar-refractivity contribution in [3.8, 4) is 11.5 Å². The molecular formula is C21H20N4O5. The van der Waals surface area contributed by atoms with Gasteiger partial charge in [-0.1, -0.05) is 12.1 Å². The van der Waals surface area contributed by atoms with Gasteiger partial charge in [0, 0.05) is 18.2 Å². The number of ether oxygens (including phenoxy) is 2. The third kappa shape index (κ3) is 3.20. The van der Waals surface area contributed by atoms with E-state index in [1.165, 1.54) is 19.1 Å². The Labute approximate surface area is 171 Å². The van der Waals surface area contributed by atoms with E-state index < -0.39 is 18.4 Å². The first-order valence-corrected chi connectivity index (χ1v) is 9.14. The number of carboxylic acids is 1. The van der Waals surface area contributed by atoms with Gasteiger partial charge in [-0.15, -0.1) is 0 Å². The number of hydrogen-bond donors (Lipinski definition) is 4. The van der Waals surface area contributed by atoms with Gasteiger partial charge in [0.25, 0.3) is 0 Å². The van der Waals surface area contributed by atoms with Gasteiger partial charge in [0.2, 0.25) is 0 Å². The number of methoxy groups -OCH3 is 2. The number of nitrogens with one attached hydrogen (secondary N) is 2. The normalized spacial score (nSPS) is 16.4. The van der Waals surface area contributed by atoms with Gasteiger partial charge in [-0.3, -0.25) is 10.2 Å². The molecule has 9 heteroatoms. The van der Waals surface area contributed by atoms with Gasteiger partial charge in [0.05, 0.1) is 42.9 Å². The highest BCUT2D eigenvalue weighted by molar-refractivity contribution is 6.31. The number of nitrogens with zero attached hydrogens (tertiary/aromatic N) is 2. The Balaban J connectivity index is 1.84. The largest absolute Gasteiger partial charge is 0.509 e. The van der Waals surface area contributed by atoms with E-state index in [1.54, 1.807) is 18.2 Å². The molecule has 4 N–H and O–H groups in total. The van der Waals surface area contributed by atoms with Crippen LogP contribution in [0.5, 0.6) is 11.5 Å². The van der Waals surface area contributed by atoms with E-state index in [1.807, 2.05) is 24.3 Å². The minimum absolute atomic E-state index is 0.0758. The minimum atomic E-state index is -1.11. The number of rotatable bonds is 6. The van der Waals surface area contributed by atoms with Crippen molar-refractivity contribution in [3.63, 3.8) is 0 Å². The summed E-state index contributed by atoms with van der Waals surface area (Å²) in [5, 5.41) is 29.1. The Kier molecular flexibility index (Phi) is 4.78. The summed E-state index contributed by atoms with van der Waals surface area (Å²) in [6.07, 6.45) is -0.405. The zero-order valence-corrected chi connectivity index (χ0v) is 16.3. The fraction of sp³-hybridized carbons (Fsp3) is 0.190. The van der Waals surface area contributed by atoms with Crippen molar-refractivity contribution >= 4 is 34.1 Å². The number of para-hydroxylation sites is 2. The monoisotopic (exact) mass is 408 g/mol. The van der Waals surface area contributed by atoms with Gasteiger partial charge in [-0.05, 0) is 12.1 Å². The lowest BCUT2D eigenvalue weighted by Crippen LogP contribution is -2.37. The van der Waals surface area contributed by atoms with Crippen molar-refractivity contribution in [3.05, 3.63) is 54.0 Å². The van der Waals surface area contributed by atoms with E-state index in [0.717, 1.165) is 5.52 Å². The molecule has 1 aliphatic heterocycles. The zero-order chi connectivity index (χ0) is 21.4. The molecule has 0 bridgehead atoms. The number of aliphatic hydroxyl groups excluding tert-OH is 1. The maximum Gasteiger partial charge on any atom is 0.305 e. The molecule has 0 saturated carbocycles. The number of carbonyl (C=O) groups is 1. The van der Waals surface area contributed by atoms with Crippen LogP contribution in [0.25, 0.3) is 16.6 Å². The van der Waals surface area contributed by atoms with E-state index >= 15 is 0 Å². The number of aliphatic carboxylic acids is 1. The molecule has 0 aliphatic carbocycles. The van der Waals surface area contributed by atoms with Crippen LogP contribution in [0.15, 0.2) is 48.2 Å². The van der Waals surface area contributed by atoms with E-state index in [4.69, 9.17) is 14.9 Å². The van der Waals surface area contributed by atoms with E-state index in [9.17, 15) is 15.0 Å². The molecule has 2 aromatic carbocycles. The molecule has 2 heterocycles. The molecule has 0 spiro atoms. The number of imidazole rings is 1. The summed E-state index contributed by atoms with van der Waals surface area (Å²) in [7, 11) is 3.00. The van der Waals surface area contributed by atoms with Crippen LogP contribution < -0.4 is 14.4 Å². The van der Waals surface area contributed by atoms with Crippen LogP contribution in [0.4, 0.5) is 5.69 Å². The third-order valence-electron chi connectivity index (χ3n) is 4.97. The number of fused-ring (bicyclic) bond motifs is 1. The quantitative estimate of drug-likeness (QED) is 0.492. The predicted octanol–water partition coefficient (Wildman–Crippen LogP) is 3.19. The first-order valence-electron chi connectivity index (χ1n) is 9.14. The second kappa shape index (κ2) is 7.43. The molecule has 9 nitrogen and oxygen atoms in total. The summed E-state index contributed by atoms with van der Waals surface area (Å²) in [4.78, 5) is 20.5. The molecule has 0 fully saturated rings. The average Bonchev–Trinajstić information content (AvgIpc) is 3.25. The second-order valence-corrected chi connectivity index (χ2v) is 6.77. The Morgan fingerprint density at radius 2 is 1.87 bits per heavy atom. The summed E-state index contributed by atoms with van der Waals surface area (Å²) >= 11 is 0. The Morgan fingerprint density at radius 3 is 2.47 bits per heavy atom. The lowest BCUT2D eigenvalue weighted by atomic mass is 10.1. The highest BCUT2D eigenvalue weighted by Gasteiger charge is 2.41. The van der Waals surface area contributed by atoms with Crippen molar-refractivity contribution in [2.45, 2.75) is 12.5 Å². The minimum Gasteiger partial charge on any atom is -0.509 e. The Hall–Kier alpha value is -4.01. The highest BCUT2D eigenvalue weighted by atomic mass is 16.5. The summed E-state index contributed by atoms with van der Waals surface area (Å²) in [6.45, 7) is 0. The number of hydrogen-bond acceptors (Lipinski definition) is 6. The molecule has 1 unspecified atom stereocenters. The van der Waals surface area contributed by atoms with E-state index in [0.29, 0.717) is 28.5 Å². The molecule has 30 heavy (non-hydrogen) atoms. The standard InChI is InChI=1S/C21H20N4O5/c1-29-12-7-11(8-13(9-12)30-2)25-16(10-17(26)27)19(28)18(20(25)22)21-23-14-5-3-4-6-15(14)24-21/h3-9,16,22,28H,10H2,1-2H3,(H,23,24)(H,26,27). The lowest BCUT2D eigenvalue weighted by Gasteiger charge is -2.26. The number of aliphatic hydroxyl groups is 1. The number of H-pyrrole nitrogens is 1. The first kappa shape index (κ1) is 19.3. The van der Waals surface area contributed by atoms with Crippen LogP contribution in [-0.4, -0.2) is 52.2 Å². The average molecular weight is 408 g/mol. The topological polar surface area (TPSA) is 132 Å². The Bertz CT molecular complexity index is 1130. The van der Waals surface area contributed by atoms with E-state index in [-0.39, 0.29) is 17.2 Å². The number of carboxylic acid groups (broad SMARTS) is 1. The van der Waals surface area contributed by atoms with Crippen molar-refractivity contribution in [1.82, 2.24) is 9.97 Å². The molecule has 4 rings (SSSR count). The fourth-order valence-electron chi connectivity index (χ4n) is 3.59. The summed E-state index contributed by atoms with van der Waals surface area (Å²) in [5.74, 6) is -0.168. The van der Waals surface area contributed by atoms with Crippen LogP contribution in [0.2, 0.25) is 0 Å². The van der Waals surface area contributed by atoms with Gasteiger partial charge in [-0.2, -0.15) is 0 Å². The predicted molar refractivity (Wildman–Crippen MR) is 111 cm³/mol. The summed E-state index contributed by atoms with van der Waals surface area (Å²) < 4.78 is 10.6. The number of anilines is 1. The fourth-order valence-corrected chi connectivity index (χ4v) is 3.59. The molecule has 0 saturated heterocycles. The van der Waals surface area contributed by atoms with Crippen molar-refractivity contribution in [2.75, 3.05) is 19.1 Å². The van der Waals surface area contributed by atoms with Crippen molar-refractivity contribution in [2.24, 2.45) is 0 Å². The molecule has 154 valence electrons. The molecular weight excluding hydrogens is 388 g/mol. The zero-order valence-electron chi connectivity index (χ0n) is 16.3. The Morgan fingerprint density at radius 1 is 1.20 bits per heavy atom. The molecule has 1 atom stereocenters. The maximum atomic E-state index is 11.5. The molecule has 0 radical (unpaired) electrons. The summed E-state index contributed by atoms with van der Waals surface area (Å²) in [6, 6.07) is 11.3.